The number of nitrogens with zero attached hydrogens (tertiary/aromatic N) is 3. The molecule has 6 heteroatoms. The van der Waals surface area contributed by atoms with E-state index in [0.29, 0.717) is 28.6 Å². The third-order valence-corrected chi connectivity index (χ3v) is 3.65. The van der Waals surface area contributed by atoms with Crippen molar-refractivity contribution in [2.75, 3.05) is 6.54 Å². The van der Waals surface area contributed by atoms with Crippen molar-refractivity contribution in [3.8, 4) is 11.4 Å². The number of hydrogen-bond donors (Lipinski definition) is 1. The first-order valence-electron chi connectivity index (χ1n) is 7.08. The van der Waals surface area contributed by atoms with Gasteiger partial charge in [0.2, 0.25) is 0 Å². The third kappa shape index (κ3) is 2.67. The Kier molecular flexibility index (Phi) is 4.06. The van der Waals surface area contributed by atoms with Crippen LogP contribution in [0.5, 0.6) is 0 Å². The number of benzene rings is 1. The fourth-order valence-corrected chi connectivity index (χ4v) is 2.42. The normalized spacial score (nSPS) is 10.8. The second-order valence-corrected chi connectivity index (χ2v) is 5.31. The molecule has 112 valence electrons. The molecular weight excluding hydrogens is 300 g/mol. The topological polar surface area (TPSA) is 59.3 Å². The quantitative estimate of drug-likeness (QED) is 0.804. The van der Waals surface area contributed by atoms with Crippen molar-refractivity contribution in [3.63, 3.8) is 0 Å². The number of nitrogens with one attached hydrogen (secondary N) is 1. The second-order valence-electron chi connectivity index (χ2n) is 4.90. The van der Waals surface area contributed by atoms with E-state index in [1.54, 1.807) is 18.3 Å². The number of amides is 1. The van der Waals surface area contributed by atoms with Gasteiger partial charge in [0.25, 0.3) is 5.91 Å². The van der Waals surface area contributed by atoms with Gasteiger partial charge in [-0.3, -0.25) is 9.20 Å². The predicted molar refractivity (Wildman–Crippen MR) is 86.1 cm³/mol. The summed E-state index contributed by atoms with van der Waals surface area (Å²) in [5, 5.41) is 11.8. The van der Waals surface area contributed by atoms with Gasteiger partial charge in [0.1, 0.15) is 0 Å². The molecule has 1 aromatic carbocycles. The highest BCUT2D eigenvalue weighted by Crippen LogP contribution is 2.26. The number of carbonyl (C=O) groups excluding carboxylic acids is 1. The minimum atomic E-state index is -0.105. The fourth-order valence-electron chi connectivity index (χ4n) is 2.20. The Balaban J connectivity index is 2.00. The molecule has 0 bridgehead atoms. The number of fused-ring (bicyclic) bond motifs is 1. The first-order valence-corrected chi connectivity index (χ1v) is 7.46. The SMILES string of the molecule is CCCNC(=O)c1ccn2c(-c3ccccc3Cl)nnc2c1. The molecular formula is C16H15ClN4O. The molecule has 0 aliphatic rings. The van der Waals surface area contributed by atoms with E-state index >= 15 is 0 Å². The number of pyridine rings is 1. The summed E-state index contributed by atoms with van der Waals surface area (Å²) in [6.07, 6.45) is 2.68. The van der Waals surface area contributed by atoms with Crippen LogP contribution in [0.2, 0.25) is 5.02 Å². The Morgan fingerprint density at radius 1 is 1.27 bits per heavy atom. The van der Waals surface area contributed by atoms with Gasteiger partial charge < -0.3 is 5.32 Å². The van der Waals surface area contributed by atoms with E-state index in [0.717, 1.165) is 12.0 Å². The van der Waals surface area contributed by atoms with Crippen LogP contribution in [0, 0.1) is 0 Å². The number of rotatable bonds is 4. The van der Waals surface area contributed by atoms with Crippen molar-refractivity contribution in [2.45, 2.75) is 13.3 Å². The third-order valence-electron chi connectivity index (χ3n) is 3.32. The summed E-state index contributed by atoms with van der Waals surface area (Å²) in [5.74, 6) is 0.549. The molecule has 1 N–H and O–H groups in total. The molecule has 0 fully saturated rings. The number of aromatic nitrogens is 3. The summed E-state index contributed by atoms with van der Waals surface area (Å²) in [5.41, 5.74) is 1.98. The maximum atomic E-state index is 12.0. The maximum Gasteiger partial charge on any atom is 0.251 e. The number of carbonyl (C=O) groups is 1. The molecule has 0 aliphatic heterocycles. The molecule has 1 amide bonds. The van der Waals surface area contributed by atoms with E-state index in [2.05, 4.69) is 15.5 Å². The first-order chi connectivity index (χ1) is 10.7. The Morgan fingerprint density at radius 2 is 2.09 bits per heavy atom. The summed E-state index contributed by atoms with van der Waals surface area (Å²) >= 11 is 6.21. The highest BCUT2D eigenvalue weighted by Gasteiger charge is 2.13. The lowest BCUT2D eigenvalue weighted by atomic mass is 10.2. The first kappa shape index (κ1) is 14.5. The lowest BCUT2D eigenvalue weighted by Gasteiger charge is -2.05. The van der Waals surface area contributed by atoms with Crippen molar-refractivity contribution in [1.82, 2.24) is 19.9 Å². The molecule has 3 aromatic rings. The van der Waals surface area contributed by atoms with Gasteiger partial charge in [0, 0.05) is 23.9 Å². The van der Waals surface area contributed by atoms with Gasteiger partial charge in [-0.2, -0.15) is 0 Å². The van der Waals surface area contributed by atoms with E-state index in [1.165, 1.54) is 0 Å². The predicted octanol–water partition coefficient (Wildman–Crippen LogP) is 3.19. The van der Waals surface area contributed by atoms with Gasteiger partial charge in [0.05, 0.1) is 5.02 Å². The molecule has 0 saturated heterocycles. The summed E-state index contributed by atoms with van der Waals surface area (Å²) in [6, 6.07) is 10.9. The van der Waals surface area contributed by atoms with Crippen LogP contribution >= 0.6 is 11.6 Å². The average molecular weight is 315 g/mol. The average Bonchev–Trinajstić information content (AvgIpc) is 2.96. The van der Waals surface area contributed by atoms with Crippen molar-refractivity contribution in [1.29, 1.82) is 0 Å². The highest BCUT2D eigenvalue weighted by atomic mass is 35.5. The zero-order valence-electron chi connectivity index (χ0n) is 12.1. The van der Waals surface area contributed by atoms with Crippen LogP contribution in [0.4, 0.5) is 0 Å². The number of halogens is 1. The maximum absolute atomic E-state index is 12.0. The largest absolute Gasteiger partial charge is 0.352 e. The van der Waals surface area contributed by atoms with E-state index in [1.807, 2.05) is 35.6 Å². The smallest absolute Gasteiger partial charge is 0.251 e. The van der Waals surface area contributed by atoms with Crippen LogP contribution in [0.25, 0.3) is 17.0 Å². The summed E-state index contributed by atoms with van der Waals surface area (Å²) in [4.78, 5) is 12.0. The fraction of sp³-hybridized carbons (Fsp3) is 0.188. The monoisotopic (exact) mass is 314 g/mol. The van der Waals surface area contributed by atoms with Crippen molar-refractivity contribution in [2.24, 2.45) is 0 Å². The van der Waals surface area contributed by atoms with Gasteiger partial charge in [-0.25, -0.2) is 0 Å². The van der Waals surface area contributed by atoms with Gasteiger partial charge >= 0.3 is 0 Å². The Bertz CT molecular complexity index is 828. The zero-order valence-corrected chi connectivity index (χ0v) is 12.8. The zero-order chi connectivity index (χ0) is 15.5. The van der Waals surface area contributed by atoms with Crippen LogP contribution < -0.4 is 5.32 Å². The minimum absolute atomic E-state index is 0.105. The Labute approximate surface area is 132 Å². The van der Waals surface area contributed by atoms with Gasteiger partial charge in [-0.05, 0) is 30.7 Å². The van der Waals surface area contributed by atoms with Crippen LogP contribution in [-0.2, 0) is 0 Å². The molecule has 5 nitrogen and oxygen atoms in total. The van der Waals surface area contributed by atoms with Crippen molar-refractivity contribution in [3.05, 3.63) is 53.2 Å². The molecule has 0 radical (unpaired) electrons. The molecule has 2 heterocycles. The van der Waals surface area contributed by atoms with Gasteiger partial charge in [0.15, 0.2) is 11.5 Å². The molecule has 0 saturated carbocycles. The second kappa shape index (κ2) is 6.15. The summed E-state index contributed by atoms with van der Waals surface area (Å²) in [7, 11) is 0. The Morgan fingerprint density at radius 3 is 2.86 bits per heavy atom. The van der Waals surface area contributed by atoms with Crippen molar-refractivity contribution >= 4 is 23.2 Å². The lowest BCUT2D eigenvalue weighted by molar-refractivity contribution is 0.0953. The van der Waals surface area contributed by atoms with Gasteiger partial charge in [-0.15, -0.1) is 10.2 Å². The van der Waals surface area contributed by atoms with E-state index in [9.17, 15) is 4.79 Å². The Hall–Kier alpha value is -2.40. The standard InChI is InChI=1S/C16H15ClN4O/c1-2-8-18-16(22)11-7-9-21-14(10-11)19-20-15(21)12-5-3-4-6-13(12)17/h3-7,9-10H,2,8H2,1H3,(H,18,22). The van der Waals surface area contributed by atoms with Crippen LogP contribution in [0.15, 0.2) is 42.6 Å². The molecule has 0 unspecified atom stereocenters. The minimum Gasteiger partial charge on any atom is -0.352 e. The van der Waals surface area contributed by atoms with Crippen LogP contribution in [0.3, 0.4) is 0 Å². The molecule has 0 aliphatic carbocycles. The molecule has 0 spiro atoms. The van der Waals surface area contributed by atoms with Crippen LogP contribution in [0.1, 0.15) is 23.7 Å². The highest BCUT2D eigenvalue weighted by molar-refractivity contribution is 6.33. The van der Waals surface area contributed by atoms with Gasteiger partial charge in [-0.1, -0.05) is 30.7 Å². The molecule has 3 rings (SSSR count). The van der Waals surface area contributed by atoms with E-state index < -0.39 is 0 Å². The molecule has 22 heavy (non-hydrogen) atoms. The molecule has 2 aromatic heterocycles. The van der Waals surface area contributed by atoms with Crippen LogP contribution in [-0.4, -0.2) is 27.0 Å². The molecule has 0 atom stereocenters. The van der Waals surface area contributed by atoms with E-state index in [-0.39, 0.29) is 5.91 Å². The number of hydrogen-bond acceptors (Lipinski definition) is 3. The van der Waals surface area contributed by atoms with E-state index in [4.69, 9.17) is 11.6 Å². The van der Waals surface area contributed by atoms with Crippen molar-refractivity contribution < 1.29 is 4.79 Å². The summed E-state index contributed by atoms with van der Waals surface area (Å²) in [6.45, 7) is 2.67. The summed E-state index contributed by atoms with van der Waals surface area (Å²) < 4.78 is 1.82. The lowest BCUT2D eigenvalue weighted by Crippen LogP contribution is -2.24.